The SMILES string of the molecule is S=C(Nc1ccccc1OCc1ccccc1)c1ccccc1. The van der Waals surface area contributed by atoms with Gasteiger partial charge in [0.15, 0.2) is 0 Å². The maximum Gasteiger partial charge on any atom is 0.143 e. The molecule has 0 unspecified atom stereocenters. The number of hydrogen-bond acceptors (Lipinski definition) is 2. The predicted molar refractivity (Wildman–Crippen MR) is 99.0 cm³/mol. The molecule has 0 aliphatic carbocycles. The molecule has 0 aliphatic heterocycles. The zero-order valence-electron chi connectivity index (χ0n) is 12.6. The molecule has 0 bridgehead atoms. The second-order valence-electron chi connectivity index (χ2n) is 5.09. The lowest BCUT2D eigenvalue weighted by molar-refractivity contribution is 0.308. The summed E-state index contributed by atoms with van der Waals surface area (Å²) in [5.41, 5.74) is 2.99. The predicted octanol–water partition coefficient (Wildman–Crippen LogP) is 5.05. The Balaban J connectivity index is 1.72. The van der Waals surface area contributed by atoms with Crippen molar-refractivity contribution in [3.63, 3.8) is 0 Å². The van der Waals surface area contributed by atoms with Gasteiger partial charge in [0.1, 0.15) is 17.3 Å². The fourth-order valence-corrected chi connectivity index (χ4v) is 2.46. The molecule has 23 heavy (non-hydrogen) atoms. The summed E-state index contributed by atoms with van der Waals surface area (Å²) in [5.74, 6) is 0.787. The largest absolute Gasteiger partial charge is 0.487 e. The Hall–Kier alpha value is -2.65. The van der Waals surface area contributed by atoms with Crippen molar-refractivity contribution < 1.29 is 4.74 Å². The van der Waals surface area contributed by atoms with E-state index >= 15 is 0 Å². The van der Waals surface area contributed by atoms with Crippen molar-refractivity contribution in [2.24, 2.45) is 0 Å². The van der Waals surface area contributed by atoms with E-state index in [1.165, 1.54) is 0 Å². The molecule has 1 N–H and O–H groups in total. The van der Waals surface area contributed by atoms with Crippen LogP contribution in [0.2, 0.25) is 0 Å². The first-order valence-electron chi connectivity index (χ1n) is 7.45. The van der Waals surface area contributed by atoms with Crippen LogP contribution in [0.25, 0.3) is 0 Å². The van der Waals surface area contributed by atoms with Gasteiger partial charge in [0.2, 0.25) is 0 Å². The summed E-state index contributed by atoms with van der Waals surface area (Å²) in [5, 5.41) is 3.27. The number of thiocarbonyl (C=S) groups is 1. The Kier molecular flexibility index (Phi) is 5.02. The van der Waals surface area contributed by atoms with Crippen LogP contribution in [0.4, 0.5) is 5.69 Å². The van der Waals surface area contributed by atoms with E-state index in [0.717, 1.165) is 22.6 Å². The van der Waals surface area contributed by atoms with E-state index in [4.69, 9.17) is 17.0 Å². The monoisotopic (exact) mass is 319 g/mol. The van der Waals surface area contributed by atoms with Gasteiger partial charge in [-0.25, -0.2) is 0 Å². The van der Waals surface area contributed by atoms with Gasteiger partial charge in [0.05, 0.1) is 5.69 Å². The second kappa shape index (κ2) is 7.56. The molecule has 0 spiro atoms. The van der Waals surface area contributed by atoms with Crippen molar-refractivity contribution in [1.82, 2.24) is 0 Å². The number of nitrogens with one attached hydrogen (secondary N) is 1. The first-order chi connectivity index (χ1) is 11.3. The molecule has 3 aromatic carbocycles. The third-order valence-corrected chi connectivity index (χ3v) is 3.75. The van der Waals surface area contributed by atoms with Crippen molar-refractivity contribution >= 4 is 22.9 Å². The van der Waals surface area contributed by atoms with E-state index in [9.17, 15) is 0 Å². The first-order valence-corrected chi connectivity index (χ1v) is 7.86. The summed E-state index contributed by atoms with van der Waals surface area (Å²) in [7, 11) is 0. The van der Waals surface area contributed by atoms with E-state index in [0.29, 0.717) is 11.6 Å². The third kappa shape index (κ3) is 4.18. The lowest BCUT2D eigenvalue weighted by atomic mass is 10.2. The number of rotatable bonds is 5. The number of benzene rings is 3. The lowest BCUT2D eigenvalue weighted by Crippen LogP contribution is -2.11. The highest BCUT2D eigenvalue weighted by Gasteiger charge is 2.06. The molecule has 0 aliphatic rings. The van der Waals surface area contributed by atoms with Crippen LogP contribution in [0, 0.1) is 0 Å². The van der Waals surface area contributed by atoms with E-state index < -0.39 is 0 Å². The molecule has 3 aromatic rings. The van der Waals surface area contributed by atoms with Crippen LogP contribution in [-0.4, -0.2) is 4.99 Å². The van der Waals surface area contributed by atoms with Crippen LogP contribution >= 0.6 is 12.2 Å². The summed E-state index contributed by atoms with van der Waals surface area (Å²) in [4.78, 5) is 0.682. The maximum absolute atomic E-state index is 5.94. The standard InChI is InChI=1S/C20H17NOS/c23-20(17-11-5-2-6-12-17)21-18-13-7-8-14-19(18)22-15-16-9-3-1-4-10-16/h1-14H,15H2,(H,21,23). The van der Waals surface area contributed by atoms with Gasteiger partial charge in [0, 0.05) is 5.56 Å². The summed E-state index contributed by atoms with van der Waals surface area (Å²) >= 11 is 5.47. The van der Waals surface area contributed by atoms with Gasteiger partial charge in [-0.05, 0) is 17.7 Å². The zero-order valence-corrected chi connectivity index (χ0v) is 13.4. The quantitative estimate of drug-likeness (QED) is 0.665. The highest BCUT2D eigenvalue weighted by Crippen LogP contribution is 2.25. The average Bonchev–Trinajstić information content (AvgIpc) is 2.62. The van der Waals surface area contributed by atoms with Gasteiger partial charge in [0.25, 0.3) is 0 Å². The summed E-state index contributed by atoms with van der Waals surface area (Å²) in [6.45, 7) is 0.525. The molecule has 0 amide bonds. The van der Waals surface area contributed by atoms with E-state index in [1.807, 2.05) is 84.9 Å². The molecule has 0 aromatic heterocycles. The normalized spacial score (nSPS) is 10.1. The molecule has 0 saturated heterocycles. The average molecular weight is 319 g/mol. The fraction of sp³-hybridized carbons (Fsp3) is 0.0500. The molecule has 0 radical (unpaired) electrons. The first kappa shape index (κ1) is 15.3. The molecule has 0 heterocycles. The lowest BCUT2D eigenvalue weighted by Gasteiger charge is -2.14. The molecular weight excluding hydrogens is 302 g/mol. The van der Waals surface area contributed by atoms with Crippen LogP contribution in [0.5, 0.6) is 5.75 Å². The molecular formula is C20H17NOS. The number of para-hydroxylation sites is 2. The van der Waals surface area contributed by atoms with Crippen molar-refractivity contribution in [2.45, 2.75) is 6.61 Å². The second-order valence-corrected chi connectivity index (χ2v) is 5.50. The summed E-state index contributed by atoms with van der Waals surface area (Å²) in [6.07, 6.45) is 0. The van der Waals surface area contributed by atoms with Crippen LogP contribution < -0.4 is 10.1 Å². The van der Waals surface area contributed by atoms with E-state index in [1.54, 1.807) is 0 Å². The van der Waals surface area contributed by atoms with Gasteiger partial charge in [-0.3, -0.25) is 0 Å². The smallest absolute Gasteiger partial charge is 0.143 e. The summed E-state index contributed by atoms with van der Waals surface area (Å²) < 4.78 is 5.94. The Morgan fingerprint density at radius 2 is 1.39 bits per heavy atom. The Morgan fingerprint density at radius 3 is 2.13 bits per heavy atom. The molecule has 0 saturated carbocycles. The van der Waals surface area contributed by atoms with E-state index in [2.05, 4.69) is 5.32 Å². The maximum atomic E-state index is 5.94. The van der Waals surface area contributed by atoms with E-state index in [-0.39, 0.29) is 0 Å². The van der Waals surface area contributed by atoms with Crippen LogP contribution in [-0.2, 0) is 6.61 Å². The minimum absolute atomic E-state index is 0.525. The Morgan fingerprint density at radius 1 is 0.783 bits per heavy atom. The van der Waals surface area contributed by atoms with Crippen molar-refractivity contribution in [2.75, 3.05) is 5.32 Å². The van der Waals surface area contributed by atoms with Crippen LogP contribution in [0.3, 0.4) is 0 Å². The minimum atomic E-state index is 0.525. The minimum Gasteiger partial charge on any atom is -0.487 e. The van der Waals surface area contributed by atoms with Crippen LogP contribution in [0.1, 0.15) is 11.1 Å². The molecule has 114 valence electrons. The number of ether oxygens (including phenoxy) is 1. The van der Waals surface area contributed by atoms with Crippen molar-refractivity contribution in [3.05, 3.63) is 96.1 Å². The van der Waals surface area contributed by atoms with Gasteiger partial charge in [-0.2, -0.15) is 0 Å². The topological polar surface area (TPSA) is 21.3 Å². The van der Waals surface area contributed by atoms with Gasteiger partial charge >= 0.3 is 0 Å². The molecule has 0 atom stereocenters. The fourth-order valence-electron chi connectivity index (χ4n) is 2.22. The molecule has 3 heteroatoms. The van der Waals surface area contributed by atoms with Crippen molar-refractivity contribution in [1.29, 1.82) is 0 Å². The highest BCUT2D eigenvalue weighted by atomic mass is 32.1. The van der Waals surface area contributed by atoms with Gasteiger partial charge < -0.3 is 10.1 Å². The van der Waals surface area contributed by atoms with Gasteiger partial charge in [-0.1, -0.05) is 85.0 Å². The van der Waals surface area contributed by atoms with Crippen molar-refractivity contribution in [3.8, 4) is 5.75 Å². The van der Waals surface area contributed by atoms with Gasteiger partial charge in [-0.15, -0.1) is 0 Å². The zero-order chi connectivity index (χ0) is 15.9. The molecule has 0 fully saturated rings. The highest BCUT2D eigenvalue weighted by molar-refractivity contribution is 7.81. The Labute approximate surface area is 141 Å². The molecule has 2 nitrogen and oxygen atoms in total. The van der Waals surface area contributed by atoms with Crippen LogP contribution in [0.15, 0.2) is 84.9 Å². The summed E-state index contributed by atoms with van der Waals surface area (Å²) in [6, 6.07) is 27.8. The Bertz CT molecular complexity index is 772. The number of anilines is 1. The molecule has 3 rings (SSSR count). The third-order valence-electron chi connectivity index (χ3n) is 3.41. The number of hydrogen-bond donors (Lipinski definition) is 1.